The first-order chi connectivity index (χ1) is 7.99. The van der Waals surface area contributed by atoms with Crippen molar-refractivity contribution >= 4 is 11.9 Å². The predicted octanol–water partition coefficient (Wildman–Crippen LogP) is -0.840. The summed E-state index contributed by atoms with van der Waals surface area (Å²) in [7, 11) is 0. The molecule has 1 saturated heterocycles. The fourth-order valence-electron chi connectivity index (χ4n) is 2.33. The molecule has 1 saturated carbocycles. The Balaban J connectivity index is 1.94. The SMILES string of the molecule is NC(CC(=O)N1CC(O)CC1C(=O)O)C1CC1. The topological polar surface area (TPSA) is 104 Å². The fourth-order valence-corrected chi connectivity index (χ4v) is 2.33. The highest BCUT2D eigenvalue weighted by Gasteiger charge is 2.40. The number of carbonyl (C=O) groups is 2. The summed E-state index contributed by atoms with van der Waals surface area (Å²) in [5.41, 5.74) is 5.85. The lowest BCUT2D eigenvalue weighted by molar-refractivity contribution is -0.148. The van der Waals surface area contributed by atoms with E-state index in [0.29, 0.717) is 5.92 Å². The van der Waals surface area contributed by atoms with Crippen LogP contribution in [0.15, 0.2) is 0 Å². The van der Waals surface area contributed by atoms with Gasteiger partial charge in [0.1, 0.15) is 6.04 Å². The second-order valence-corrected chi connectivity index (χ2v) is 5.00. The Kier molecular flexibility index (Phi) is 3.35. The molecule has 0 aromatic rings. The van der Waals surface area contributed by atoms with Crippen molar-refractivity contribution in [1.82, 2.24) is 4.90 Å². The van der Waals surface area contributed by atoms with Crippen LogP contribution in [0.2, 0.25) is 0 Å². The van der Waals surface area contributed by atoms with Crippen LogP contribution in [0.3, 0.4) is 0 Å². The van der Waals surface area contributed by atoms with Crippen LogP contribution in [0, 0.1) is 5.92 Å². The van der Waals surface area contributed by atoms with Gasteiger partial charge in [0.15, 0.2) is 0 Å². The maximum absolute atomic E-state index is 11.9. The van der Waals surface area contributed by atoms with E-state index < -0.39 is 18.1 Å². The van der Waals surface area contributed by atoms with Gasteiger partial charge >= 0.3 is 5.97 Å². The molecule has 1 amide bonds. The van der Waals surface area contributed by atoms with Crippen molar-refractivity contribution in [2.75, 3.05) is 6.54 Å². The average Bonchev–Trinajstić information content (AvgIpc) is 3.01. The number of hydrogen-bond acceptors (Lipinski definition) is 4. The molecule has 17 heavy (non-hydrogen) atoms. The molecule has 6 nitrogen and oxygen atoms in total. The summed E-state index contributed by atoms with van der Waals surface area (Å²) in [4.78, 5) is 24.1. The van der Waals surface area contributed by atoms with Crippen LogP contribution in [0.1, 0.15) is 25.7 Å². The van der Waals surface area contributed by atoms with Crippen molar-refractivity contribution in [3.63, 3.8) is 0 Å². The summed E-state index contributed by atoms with van der Waals surface area (Å²) in [6.07, 6.45) is 1.66. The van der Waals surface area contributed by atoms with Gasteiger partial charge in [0.2, 0.25) is 5.91 Å². The quantitative estimate of drug-likeness (QED) is 0.596. The second kappa shape index (κ2) is 4.62. The van der Waals surface area contributed by atoms with Crippen LogP contribution in [-0.4, -0.2) is 51.7 Å². The number of carboxylic acids is 1. The maximum Gasteiger partial charge on any atom is 0.326 e. The molecule has 0 spiro atoms. The number of nitrogens with two attached hydrogens (primary N) is 1. The van der Waals surface area contributed by atoms with Gasteiger partial charge in [0.05, 0.1) is 6.10 Å². The third kappa shape index (κ3) is 2.76. The van der Waals surface area contributed by atoms with Crippen LogP contribution >= 0.6 is 0 Å². The van der Waals surface area contributed by atoms with Crippen LogP contribution in [-0.2, 0) is 9.59 Å². The van der Waals surface area contributed by atoms with E-state index in [0.717, 1.165) is 12.8 Å². The normalized spacial score (nSPS) is 30.4. The number of hydrogen-bond donors (Lipinski definition) is 3. The molecule has 0 bridgehead atoms. The minimum absolute atomic E-state index is 0.104. The molecule has 0 aromatic carbocycles. The standard InChI is InChI=1S/C11H18N2O4/c12-8(6-1-2-6)4-10(15)13-5-7(14)3-9(13)11(16)17/h6-9,14H,1-5,12H2,(H,16,17). The van der Waals surface area contributed by atoms with E-state index in [-0.39, 0.29) is 31.3 Å². The number of β-amino-alcohol motifs (C(OH)–C–C–N with tert-alkyl or cyclic N) is 1. The summed E-state index contributed by atoms with van der Waals surface area (Å²) in [6, 6.07) is -1.07. The van der Waals surface area contributed by atoms with E-state index in [2.05, 4.69) is 0 Å². The van der Waals surface area contributed by atoms with Crippen molar-refractivity contribution in [2.45, 2.75) is 43.9 Å². The van der Waals surface area contributed by atoms with Crippen molar-refractivity contribution in [3.8, 4) is 0 Å². The number of amides is 1. The zero-order chi connectivity index (χ0) is 12.6. The van der Waals surface area contributed by atoms with Crippen molar-refractivity contribution in [3.05, 3.63) is 0 Å². The maximum atomic E-state index is 11.9. The van der Waals surface area contributed by atoms with E-state index in [1.807, 2.05) is 0 Å². The Morgan fingerprint density at radius 1 is 1.41 bits per heavy atom. The van der Waals surface area contributed by atoms with Gasteiger partial charge in [-0.25, -0.2) is 4.79 Å². The molecule has 4 N–H and O–H groups in total. The molecule has 0 radical (unpaired) electrons. The number of nitrogens with zero attached hydrogens (tertiary/aromatic N) is 1. The number of aliphatic hydroxyl groups is 1. The zero-order valence-corrected chi connectivity index (χ0v) is 9.58. The van der Waals surface area contributed by atoms with Crippen LogP contribution < -0.4 is 5.73 Å². The van der Waals surface area contributed by atoms with E-state index in [1.165, 1.54) is 4.90 Å². The number of likely N-dealkylation sites (tertiary alicyclic amines) is 1. The minimum Gasteiger partial charge on any atom is -0.480 e. The number of carbonyl (C=O) groups excluding carboxylic acids is 1. The zero-order valence-electron chi connectivity index (χ0n) is 9.58. The number of aliphatic carboxylic acids is 1. The van der Waals surface area contributed by atoms with Gasteiger partial charge in [-0.1, -0.05) is 0 Å². The first-order valence-corrected chi connectivity index (χ1v) is 5.95. The Bertz CT molecular complexity index is 329. The first-order valence-electron chi connectivity index (χ1n) is 5.95. The monoisotopic (exact) mass is 242 g/mol. The predicted molar refractivity (Wildman–Crippen MR) is 59.1 cm³/mol. The molecule has 3 unspecified atom stereocenters. The average molecular weight is 242 g/mol. The van der Waals surface area contributed by atoms with E-state index in [4.69, 9.17) is 10.8 Å². The molecule has 2 rings (SSSR count). The summed E-state index contributed by atoms with van der Waals surface area (Å²) in [5.74, 6) is -0.905. The summed E-state index contributed by atoms with van der Waals surface area (Å²) in [6.45, 7) is 0.104. The lowest BCUT2D eigenvalue weighted by atomic mass is 10.1. The van der Waals surface area contributed by atoms with Crippen molar-refractivity contribution < 1.29 is 19.8 Å². The molecular formula is C11H18N2O4. The Hall–Kier alpha value is -1.14. The largest absolute Gasteiger partial charge is 0.480 e. The molecule has 1 aliphatic carbocycles. The van der Waals surface area contributed by atoms with Crippen LogP contribution in [0.4, 0.5) is 0 Å². The third-order valence-electron chi connectivity index (χ3n) is 3.52. The molecule has 1 aliphatic heterocycles. The Labute approximate surface area is 99.4 Å². The molecule has 96 valence electrons. The van der Waals surface area contributed by atoms with Gasteiger partial charge in [-0.2, -0.15) is 0 Å². The van der Waals surface area contributed by atoms with Gasteiger partial charge in [-0.3, -0.25) is 4.79 Å². The second-order valence-electron chi connectivity index (χ2n) is 5.00. The molecule has 1 heterocycles. The van der Waals surface area contributed by atoms with Gasteiger partial charge in [0, 0.05) is 25.4 Å². The molecule has 2 aliphatic rings. The first kappa shape index (κ1) is 12.3. The summed E-state index contributed by atoms with van der Waals surface area (Å²) < 4.78 is 0. The highest BCUT2D eigenvalue weighted by Crippen LogP contribution is 2.33. The molecule has 6 heteroatoms. The highest BCUT2D eigenvalue weighted by molar-refractivity contribution is 5.84. The number of carboxylic acid groups (broad SMARTS) is 1. The molecule has 3 atom stereocenters. The van der Waals surface area contributed by atoms with Gasteiger partial charge in [0.25, 0.3) is 0 Å². The lowest BCUT2D eigenvalue weighted by Crippen LogP contribution is -2.43. The van der Waals surface area contributed by atoms with Gasteiger partial charge < -0.3 is 20.8 Å². The van der Waals surface area contributed by atoms with Crippen molar-refractivity contribution in [1.29, 1.82) is 0 Å². The Morgan fingerprint density at radius 3 is 2.59 bits per heavy atom. The summed E-state index contributed by atoms with van der Waals surface area (Å²) in [5, 5.41) is 18.4. The van der Waals surface area contributed by atoms with E-state index in [9.17, 15) is 14.7 Å². The Morgan fingerprint density at radius 2 is 2.06 bits per heavy atom. The van der Waals surface area contributed by atoms with Gasteiger partial charge in [-0.15, -0.1) is 0 Å². The van der Waals surface area contributed by atoms with Crippen LogP contribution in [0.5, 0.6) is 0 Å². The van der Waals surface area contributed by atoms with E-state index >= 15 is 0 Å². The minimum atomic E-state index is -1.06. The van der Waals surface area contributed by atoms with E-state index in [1.54, 1.807) is 0 Å². The molecular weight excluding hydrogens is 224 g/mol. The third-order valence-corrected chi connectivity index (χ3v) is 3.52. The summed E-state index contributed by atoms with van der Waals surface area (Å²) >= 11 is 0. The molecule has 0 aromatic heterocycles. The molecule has 2 fully saturated rings. The van der Waals surface area contributed by atoms with Crippen molar-refractivity contribution in [2.24, 2.45) is 11.7 Å². The number of aliphatic hydroxyl groups excluding tert-OH is 1. The smallest absolute Gasteiger partial charge is 0.326 e. The number of rotatable bonds is 4. The van der Waals surface area contributed by atoms with Crippen LogP contribution in [0.25, 0.3) is 0 Å². The highest BCUT2D eigenvalue weighted by atomic mass is 16.4. The van der Waals surface area contributed by atoms with Gasteiger partial charge in [-0.05, 0) is 18.8 Å². The lowest BCUT2D eigenvalue weighted by Gasteiger charge is -2.22. The fraction of sp³-hybridized carbons (Fsp3) is 0.818.